The molecule has 0 N–H and O–H groups in total. The predicted octanol–water partition coefficient (Wildman–Crippen LogP) is 18.5. The number of hydrogen-bond donors (Lipinski definition) is 0. The van der Waals surface area contributed by atoms with E-state index in [-0.39, 0.29) is 0 Å². The molecule has 16 rings (SSSR count). The van der Waals surface area contributed by atoms with Crippen molar-refractivity contribution in [2.24, 2.45) is 0 Å². The van der Waals surface area contributed by atoms with E-state index in [0.29, 0.717) is 0 Å². The summed E-state index contributed by atoms with van der Waals surface area (Å²) in [5.74, 6) is 0. The van der Waals surface area contributed by atoms with Crippen molar-refractivity contribution in [2.75, 3.05) is 0 Å². The lowest BCUT2D eigenvalue weighted by Crippen LogP contribution is -2.26. The number of para-hydroxylation sites is 2. The van der Waals surface area contributed by atoms with Gasteiger partial charge in [-0.2, -0.15) is 0 Å². The zero-order chi connectivity index (χ0) is 53.9. The van der Waals surface area contributed by atoms with Gasteiger partial charge in [-0.3, -0.25) is 0 Å². The van der Waals surface area contributed by atoms with Gasteiger partial charge in [-0.15, -0.1) is 0 Å². The lowest BCUT2D eigenvalue weighted by molar-refractivity contribution is 0.593. The van der Waals surface area contributed by atoms with Crippen LogP contribution in [0.25, 0.3) is 109 Å². The van der Waals surface area contributed by atoms with E-state index in [1.807, 2.05) is 91.0 Å². The topological polar surface area (TPSA) is 43.4 Å². The zero-order valence-electron chi connectivity index (χ0n) is 44.0. The lowest BCUT2D eigenvalue weighted by Gasteiger charge is -2.25. The van der Waals surface area contributed by atoms with Gasteiger partial charge in [-0.05, 0) is 120 Å². The maximum absolute atomic E-state index is 15.8. The number of fused-ring (bicyclic) bond motifs is 10. The Kier molecular flexibility index (Phi) is 12.1. The van der Waals surface area contributed by atoms with Crippen molar-refractivity contribution in [3.05, 3.63) is 303 Å². The molecule has 81 heavy (non-hydrogen) atoms. The van der Waals surface area contributed by atoms with Crippen molar-refractivity contribution < 1.29 is 13.4 Å². The second-order valence-electron chi connectivity index (χ2n) is 20.5. The molecular formula is C76H50O3P2. The monoisotopic (exact) mass is 1070 g/mol. The summed E-state index contributed by atoms with van der Waals surface area (Å²) in [7, 11) is -4.04. The number of rotatable bonds is 8. The third-order valence-corrected chi connectivity index (χ3v) is 21.7. The van der Waals surface area contributed by atoms with Gasteiger partial charge < -0.3 is 13.4 Å². The summed E-state index contributed by atoms with van der Waals surface area (Å²) in [6.07, 6.45) is 0. The van der Waals surface area contributed by atoms with E-state index >= 15 is 4.57 Å². The minimum Gasteiger partial charge on any atom is -0.456 e. The largest absolute Gasteiger partial charge is 0.456 e. The van der Waals surface area contributed by atoms with Crippen LogP contribution in [-0.2, 0) is 4.57 Å². The average molecular weight is 1070 g/mol. The van der Waals surface area contributed by atoms with Crippen LogP contribution in [0.1, 0.15) is 0 Å². The molecule has 382 valence electrons. The first-order valence-electron chi connectivity index (χ1n) is 27.4. The second kappa shape index (κ2) is 20.2. The first-order valence-corrected chi connectivity index (χ1v) is 30.5. The normalized spacial score (nSPS) is 11.9. The van der Waals surface area contributed by atoms with Crippen LogP contribution in [0.4, 0.5) is 0 Å². The third-order valence-electron chi connectivity index (χ3n) is 15.9. The second-order valence-corrected chi connectivity index (χ2v) is 25.4. The van der Waals surface area contributed by atoms with Crippen molar-refractivity contribution in [3.63, 3.8) is 0 Å². The minimum absolute atomic E-state index is 0.786. The fourth-order valence-corrected chi connectivity index (χ4v) is 18.1. The van der Waals surface area contributed by atoms with Crippen LogP contribution in [0.15, 0.2) is 312 Å². The van der Waals surface area contributed by atoms with Crippen LogP contribution >= 0.6 is 15.1 Å². The molecule has 0 bridgehead atoms. The Morgan fingerprint density at radius 3 is 0.951 bits per heavy atom. The lowest BCUT2D eigenvalue weighted by atomic mass is 9.91. The van der Waals surface area contributed by atoms with Crippen LogP contribution in [0.3, 0.4) is 0 Å². The molecule has 0 saturated carbocycles. The summed E-state index contributed by atoms with van der Waals surface area (Å²) in [6, 6.07) is 106. The van der Waals surface area contributed by atoms with E-state index in [0.717, 1.165) is 92.5 Å². The van der Waals surface area contributed by atoms with Crippen molar-refractivity contribution in [2.45, 2.75) is 0 Å². The molecule has 0 amide bonds. The van der Waals surface area contributed by atoms with Gasteiger partial charge in [0.15, 0.2) is 7.14 Å². The maximum Gasteiger partial charge on any atom is 0.172 e. The summed E-state index contributed by atoms with van der Waals surface area (Å²) in [6.45, 7) is 0. The molecule has 16 aromatic rings. The number of hydrogen-bond acceptors (Lipinski definition) is 3. The zero-order valence-corrected chi connectivity index (χ0v) is 45.8. The first-order chi connectivity index (χ1) is 40.1. The predicted molar refractivity (Wildman–Crippen MR) is 346 cm³/mol. The number of furan rings is 2. The minimum atomic E-state index is -3.26. The van der Waals surface area contributed by atoms with Crippen LogP contribution in [0.5, 0.6) is 0 Å². The Bertz CT molecular complexity index is 4890. The van der Waals surface area contributed by atoms with E-state index in [1.54, 1.807) is 0 Å². The van der Waals surface area contributed by atoms with Gasteiger partial charge in [0.2, 0.25) is 0 Å². The van der Waals surface area contributed by atoms with Crippen molar-refractivity contribution in [3.8, 4) is 22.3 Å². The molecule has 0 unspecified atom stereocenters. The molecule has 0 aliphatic carbocycles. The molecule has 2 aromatic heterocycles. The summed E-state index contributed by atoms with van der Waals surface area (Å²) >= 11 is 0. The van der Waals surface area contributed by atoms with Gasteiger partial charge in [0.25, 0.3) is 0 Å². The highest BCUT2D eigenvalue weighted by Gasteiger charge is 2.34. The van der Waals surface area contributed by atoms with Gasteiger partial charge in [-0.1, -0.05) is 267 Å². The van der Waals surface area contributed by atoms with E-state index in [4.69, 9.17) is 8.83 Å². The SMILES string of the molecule is O=P(c1ccccc1)(c1ccccc1)c1c2ccccc2c(-c2ccc3oc4ccccc4c3c2)c2ccccc12.c1ccc(P(c2ccccc2)c2c3ccccc3c(-c3ccc4oc5ccccc5c4c3)c3ccccc23)cc1. The standard InChI is InChI=1S/C38H25O2P.C38H25OP/c39-41(27-13-3-1-4-14-27,28-15-5-2-6-16-28)38-32-20-9-7-18-30(32)37(31-19-8-10-21-33(31)38)26-23-24-36-34(25-26)29-17-11-12-22-35(29)40-36;1-3-13-27(14-4-1)40(28-15-5-2-6-16-28)38-32-20-9-7-18-30(32)37(31-19-8-10-21-33(31)38)26-23-24-36-34(25-26)29-17-11-12-22-35(29)39-36/h1-25H;1-25H. The van der Waals surface area contributed by atoms with E-state index < -0.39 is 15.1 Å². The molecule has 0 spiro atoms. The molecule has 0 fully saturated rings. The molecule has 3 nitrogen and oxygen atoms in total. The fourth-order valence-electron chi connectivity index (χ4n) is 12.4. The Labute approximate surface area is 470 Å². The van der Waals surface area contributed by atoms with Gasteiger partial charge in [0, 0.05) is 42.8 Å². The molecule has 0 saturated heterocycles. The fraction of sp³-hybridized carbons (Fsp3) is 0. The first kappa shape index (κ1) is 48.5. The van der Waals surface area contributed by atoms with E-state index in [9.17, 15) is 0 Å². The van der Waals surface area contributed by atoms with Gasteiger partial charge in [-0.25, -0.2) is 0 Å². The quantitative estimate of drug-likeness (QED) is 0.112. The highest BCUT2D eigenvalue weighted by molar-refractivity contribution is 7.86. The van der Waals surface area contributed by atoms with Crippen molar-refractivity contribution >= 4 is 134 Å². The Hall–Kier alpha value is -9.62. The Morgan fingerprint density at radius 2 is 0.556 bits per heavy atom. The molecular weight excluding hydrogens is 1020 g/mol. The molecule has 0 aliphatic heterocycles. The molecule has 0 aliphatic rings. The number of benzene rings is 14. The Morgan fingerprint density at radius 1 is 0.259 bits per heavy atom. The molecule has 5 heteroatoms. The highest BCUT2D eigenvalue weighted by atomic mass is 31.2. The maximum atomic E-state index is 15.8. The summed E-state index contributed by atoms with van der Waals surface area (Å²) in [5, 5.41) is 20.6. The molecule has 0 atom stereocenters. The van der Waals surface area contributed by atoms with E-state index in [2.05, 4.69) is 212 Å². The van der Waals surface area contributed by atoms with E-state index in [1.165, 1.54) is 48.6 Å². The molecule has 0 radical (unpaired) electrons. The van der Waals surface area contributed by atoms with Crippen LogP contribution in [-0.4, -0.2) is 0 Å². The third kappa shape index (κ3) is 8.20. The summed E-state index contributed by atoms with van der Waals surface area (Å²) in [5.41, 5.74) is 8.34. The molecule has 14 aromatic carbocycles. The van der Waals surface area contributed by atoms with Crippen LogP contribution in [0.2, 0.25) is 0 Å². The van der Waals surface area contributed by atoms with Crippen LogP contribution < -0.4 is 31.8 Å². The molecule has 2 heterocycles. The van der Waals surface area contributed by atoms with Gasteiger partial charge in [0.1, 0.15) is 22.3 Å². The highest BCUT2D eigenvalue weighted by Crippen LogP contribution is 2.50. The Balaban J connectivity index is 0.000000139. The summed E-state index contributed by atoms with van der Waals surface area (Å²) < 4.78 is 28.1. The summed E-state index contributed by atoms with van der Waals surface area (Å²) in [4.78, 5) is 0. The smallest absolute Gasteiger partial charge is 0.172 e. The van der Waals surface area contributed by atoms with Gasteiger partial charge in [0.05, 0.1) is 0 Å². The van der Waals surface area contributed by atoms with Crippen molar-refractivity contribution in [1.29, 1.82) is 0 Å². The van der Waals surface area contributed by atoms with Crippen molar-refractivity contribution in [1.82, 2.24) is 0 Å². The average Bonchev–Trinajstić information content (AvgIpc) is 4.12. The van der Waals surface area contributed by atoms with Gasteiger partial charge >= 0.3 is 0 Å². The van der Waals surface area contributed by atoms with Crippen LogP contribution in [0, 0.1) is 0 Å².